The lowest BCUT2D eigenvalue weighted by Gasteiger charge is -1.94. The molecule has 0 saturated carbocycles. The molecule has 0 saturated heterocycles. The zero-order valence-corrected chi connectivity index (χ0v) is 8.55. The van der Waals surface area contributed by atoms with Gasteiger partial charge in [0, 0.05) is 17.3 Å². The van der Waals surface area contributed by atoms with Gasteiger partial charge >= 0.3 is 0 Å². The number of hydrogen-bond donors (Lipinski definition) is 0. The standard InChI is InChI=1S/C7H6BrN3S/c8-6-1-10-11(3-6)4-7-2-9-5-12-7/h1-3,5H,4H2. The van der Waals surface area contributed by atoms with Crippen molar-refractivity contribution in [3.63, 3.8) is 0 Å². The monoisotopic (exact) mass is 243 g/mol. The number of thiazole rings is 1. The first kappa shape index (κ1) is 7.94. The van der Waals surface area contributed by atoms with Crippen LogP contribution in [0.5, 0.6) is 0 Å². The molecule has 2 aromatic rings. The first-order valence-electron chi connectivity index (χ1n) is 3.40. The van der Waals surface area contributed by atoms with E-state index in [0.717, 1.165) is 11.0 Å². The van der Waals surface area contributed by atoms with Crippen molar-refractivity contribution in [3.05, 3.63) is 33.5 Å². The maximum absolute atomic E-state index is 4.14. The minimum Gasteiger partial charge on any atom is -0.266 e. The van der Waals surface area contributed by atoms with Crippen molar-refractivity contribution in [3.8, 4) is 0 Å². The number of aromatic nitrogens is 3. The molecule has 0 fully saturated rings. The van der Waals surface area contributed by atoms with Crippen molar-refractivity contribution in [2.24, 2.45) is 0 Å². The summed E-state index contributed by atoms with van der Waals surface area (Å²) < 4.78 is 2.88. The summed E-state index contributed by atoms with van der Waals surface area (Å²) in [6, 6.07) is 0. The van der Waals surface area contributed by atoms with E-state index in [2.05, 4.69) is 26.0 Å². The van der Waals surface area contributed by atoms with Crippen LogP contribution in [0.25, 0.3) is 0 Å². The molecule has 2 rings (SSSR count). The van der Waals surface area contributed by atoms with E-state index >= 15 is 0 Å². The highest BCUT2D eigenvalue weighted by molar-refractivity contribution is 9.10. The molecular formula is C7H6BrN3S. The highest BCUT2D eigenvalue weighted by atomic mass is 79.9. The van der Waals surface area contributed by atoms with Gasteiger partial charge in [-0.25, -0.2) is 0 Å². The number of rotatable bonds is 2. The number of nitrogens with zero attached hydrogens (tertiary/aromatic N) is 3. The van der Waals surface area contributed by atoms with Gasteiger partial charge in [-0.15, -0.1) is 11.3 Å². The number of halogens is 1. The lowest BCUT2D eigenvalue weighted by Crippen LogP contribution is -1.97. The smallest absolute Gasteiger partial charge is 0.0794 e. The fourth-order valence-corrected chi connectivity index (χ4v) is 1.82. The minimum atomic E-state index is 0.802. The normalized spacial score (nSPS) is 10.4. The maximum atomic E-state index is 4.14. The first-order valence-corrected chi connectivity index (χ1v) is 5.07. The van der Waals surface area contributed by atoms with Gasteiger partial charge in [-0.05, 0) is 15.9 Å². The van der Waals surface area contributed by atoms with Crippen LogP contribution in [0.15, 0.2) is 28.6 Å². The second-order valence-corrected chi connectivity index (χ2v) is 4.21. The van der Waals surface area contributed by atoms with Crippen molar-refractivity contribution in [2.75, 3.05) is 0 Å². The quantitative estimate of drug-likeness (QED) is 0.810. The Hall–Kier alpha value is -0.680. The van der Waals surface area contributed by atoms with Gasteiger partial charge in [-0.3, -0.25) is 9.67 Å². The third-order valence-electron chi connectivity index (χ3n) is 1.40. The fourth-order valence-electron chi connectivity index (χ4n) is 0.905. The van der Waals surface area contributed by atoms with E-state index in [1.165, 1.54) is 4.88 Å². The van der Waals surface area contributed by atoms with Crippen LogP contribution in [-0.4, -0.2) is 14.8 Å². The highest BCUT2D eigenvalue weighted by Gasteiger charge is 1.97. The summed E-state index contributed by atoms with van der Waals surface area (Å²) in [4.78, 5) is 5.20. The molecule has 12 heavy (non-hydrogen) atoms. The molecule has 0 unspecified atom stereocenters. The van der Waals surface area contributed by atoms with Crippen LogP contribution in [-0.2, 0) is 6.54 Å². The average Bonchev–Trinajstić information content (AvgIpc) is 2.63. The predicted molar refractivity (Wildman–Crippen MR) is 51.1 cm³/mol. The van der Waals surface area contributed by atoms with Gasteiger partial charge in [0.25, 0.3) is 0 Å². The molecule has 0 aromatic carbocycles. The lowest BCUT2D eigenvalue weighted by molar-refractivity contribution is 0.693. The zero-order valence-electron chi connectivity index (χ0n) is 6.14. The van der Waals surface area contributed by atoms with Crippen molar-refractivity contribution in [1.82, 2.24) is 14.8 Å². The molecular weight excluding hydrogens is 238 g/mol. The molecule has 0 radical (unpaired) electrons. The maximum Gasteiger partial charge on any atom is 0.0794 e. The van der Waals surface area contributed by atoms with Crippen LogP contribution in [0.1, 0.15) is 4.88 Å². The Balaban J connectivity index is 2.14. The van der Waals surface area contributed by atoms with Gasteiger partial charge in [0.15, 0.2) is 0 Å². The van der Waals surface area contributed by atoms with Gasteiger partial charge in [0.05, 0.1) is 22.7 Å². The summed E-state index contributed by atoms with van der Waals surface area (Å²) in [6.07, 6.45) is 5.58. The SMILES string of the molecule is Brc1cnn(Cc2cncs2)c1. The Morgan fingerprint density at radius 3 is 3.00 bits per heavy atom. The van der Waals surface area contributed by atoms with Crippen LogP contribution < -0.4 is 0 Å². The zero-order chi connectivity index (χ0) is 8.39. The molecule has 2 heterocycles. The Kier molecular flexibility index (Phi) is 2.23. The Bertz CT molecular complexity index is 354. The average molecular weight is 244 g/mol. The molecule has 0 aliphatic heterocycles. The molecule has 0 amide bonds. The topological polar surface area (TPSA) is 30.7 Å². The summed E-state index contributed by atoms with van der Waals surface area (Å²) in [6.45, 7) is 0.802. The predicted octanol–water partition coefficient (Wildman–Crippen LogP) is 2.15. The Labute approximate surface area is 82.2 Å². The van der Waals surface area contributed by atoms with Gasteiger partial charge in [-0.2, -0.15) is 5.10 Å². The Morgan fingerprint density at radius 1 is 1.50 bits per heavy atom. The summed E-state index contributed by atoms with van der Waals surface area (Å²) in [5.74, 6) is 0. The van der Waals surface area contributed by atoms with Crippen LogP contribution in [0.2, 0.25) is 0 Å². The molecule has 0 bridgehead atoms. The second-order valence-electron chi connectivity index (χ2n) is 2.32. The summed E-state index contributed by atoms with van der Waals surface area (Å²) in [5, 5.41) is 4.14. The van der Waals surface area contributed by atoms with E-state index in [0.29, 0.717) is 0 Å². The molecule has 3 nitrogen and oxygen atoms in total. The van der Waals surface area contributed by atoms with Crippen LogP contribution >= 0.6 is 27.3 Å². The lowest BCUT2D eigenvalue weighted by atomic mass is 10.5. The molecule has 0 aliphatic rings. The molecule has 0 atom stereocenters. The van der Waals surface area contributed by atoms with E-state index in [-0.39, 0.29) is 0 Å². The summed E-state index contributed by atoms with van der Waals surface area (Å²) in [5.41, 5.74) is 1.83. The fraction of sp³-hybridized carbons (Fsp3) is 0.143. The van der Waals surface area contributed by atoms with Gasteiger partial charge in [0.1, 0.15) is 0 Å². The van der Waals surface area contributed by atoms with Crippen molar-refractivity contribution < 1.29 is 0 Å². The number of hydrogen-bond acceptors (Lipinski definition) is 3. The van der Waals surface area contributed by atoms with E-state index in [1.54, 1.807) is 17.5 Å². The van der Waals surface area contributed by atoms with E-state index in [9.17, 15) is 0 Å². The molecule has 2 aromatic heterocycles. The minimum absolute atomic E-state index is 0.802. The molecule has 0 aliphatic carbocycles. The van der Waals surface area contributed by atoms with E-state index < -0.39 is 0 Å². The van der Waals surface area contributed by atoms with Crippen LogP contribution in [0.4, 0.5) is 0 Å². The van der Waals surface area contributed by atoms with Gasteiger partial charge in [0.2, 0.25) is 0 Å². The van der Waals surface area contributed by atoms with E-state index in [4.69, 9.17) is 0 Å². The van der Waals surface area contributed by atoms with Crippen LogP contribution in [0, 0.1) is 0 Å². The van der Waals surface area contributed by atoms with Crippen molar-refractivity contribution in [2.45, 2.75) is 6.54 Å². The molecule has 5 heteroatoms. The first-order chi connectivity index (χ1) is 5.84. The summed E-state index contributed by atoms with van der Waals surface area (Å²) >= 11 is 4.98. The largest absolute Gasteiger partial charge is 0.266 e. The third-order valence-corrected chi connectivity index (χ3v) is 2.58. The van der Waals surface area contributed by atoms with Crippen molar-refractivity contribution in [1.29, 1.82) is 0 Å². The Morgan fingerprint density at radius 2 is 2.42 bits per heavy atom. The van der Waals surface area contributed by atoms with Gasteiger partial charge < -0.3 is 0 Å². The summed E-state index contributed by atoms with van der Waals surface area (Å²) in [7, 11) is 0. The van der Waals surface area contributed by atoms with Crippen molar-refractivity contribution >= 4 is 27.3 Å². The van der Waals surface area contributed by atoms with E-state index in [1.807, 2.05) is 22.6 Å². The molecule has 0 spiro atoms. The second kappa shape index (κ2) is 3.37. The highest BCUT2D eigenvalue weighted by Crippen LogP contribution is 2.10. The molecule has 0 N–H and O–H groups in total. The van der Waals surface area contributed by atoms with Gasteiger partial charge in [-0.1, -0.05) is 0 Å². The molecule has 62 valence electrons. The van der Waals surface area contributed by atoms with Crippen LogP contribution in [0.3, 0.4) is 0 Å². The third kappa shape index (κ3) is 1.73.